The molecule has 0 radical (unpaired) electrons. The summed E-state index contributed by atoms with van der Waals surface area (Å²) in [6.45, 7) is 7.71. The van der Waals surface area contributed by atoms with E-state index >= 15 is 0 Å². The molecule has 29 heavy (non-hydrogen) atoms. The van der Waals surface area contributed by atoms with E-state index in [9.17, 15) is 9.59 Å². The summed E-state index contributed by atoms with van der Waals surface area (Å²) >= 11 is 0. The van der Waals surface area contributed by atoms with Crippen LogP contribution >= 0.6 is 0 Å². The number of hydrogen-bond donors (Lipinski definition) is 1. The van der Waals surface area contributed by atoms with Crippen LogP contribution in [0, 0.1) is 11.8 Å². The van der Waals surface area contributed by atoms with Gasteiger partial charge >= 0.3 is 0 Å². The van der Waals surface area contributed by atoms with E-state index in [1.807, 2.05) is 11.8 Å². The molecule has 2 N–H and O–H groups in total. The van der Waals surface area contributed by atoms with Gasteiger partial charge in [-0.1, -0.05) is 70.0 Å². The number of carbonyl (C=O) groups is 2. The fourth-order valence-electron chi connectivity index (χ4n) is 4.89. The van der Waals surface area contributed by atoms with Gasteiger partial charge in [0.05, 0.1) is 6.04 Å². The number of benzene rings is 1. The Balaban J connectivity index is 1.67. The molecule has 1 amide bonds. The first-order valence-corrected chi connectivity index (χ1v) is 11.3. The van der Waals surface area contributed by atoms with Crippen molar-refractivity contribution < 1.29 is 9.59 Å². The predicted molar refractivity (Wildman–Crippen MR) is 118 cm³/mol. The SMILES string of the molecule is CCC[C@H](N)C(=O)C[C@H](C(=O)N1CCC2(C=Cc3ccccc32)CC1)[C@@H](C)CC. The quantitative estimate of drug-likeness (QED) is 0.712. The van der Waals surface area contributed by atoms with Crippen LogP contribution in [0.2, 0.25) is 0 Å². The Hall–Kier alpha value is -1.94. The average molecular weight is 397 g/mol. The van der Waals surface area contributed by atoms with Gasteiger partial charge in [-0.3, -0.25) is 9.59 Å². The smallest absolute Gasteiger partial charge is 0.226 e. The van der Waals surface area contributed by atoms with Crippen molar-refractivity contribution in [1.29, 1.82) is 0 Å². The molecule has 4 nitrogen and oxygen atoms in total. The maximum absolute atomic E-state index is 13.4. The van der Waals surface area contributed by atoms with E-state index in [-0.39, 0.29) is 35.4 Å². The number of Topliss-reactive ketones (excluding diaryl/α,β-unsaturated/α-hetero) is 1. The van der Waals surface area contributed by atoms with E-state index in [2.05, 4.69) is 50.3 Å². The molecule has 158 valence electrons. The molecule has 3 rings (SSSR count). The molecule has 0 bridgehead atoms. The van der Waals surface area contributed by atoms with Crippen molar-refractivity contribution in [2.75, 3.05) is 13.1 Å². The monoisotopic (exact) mass is 396 g/mol. The van der Waals surface area contributed by atoms with Crippen molar-refractivity contribution in [2.24, 2.45) is 17.6 Å². The molecule has 1 aromatic carbocycles. The van der Waals surface area contributed by atoms with Gasteiger partial charge < -0.3 is 10.6 Å². The zero-order chi connectivity index (χ0) is 21.0. The van der Waals surface area contributed by atoms with E-state index in [4.69, 9.17) is 5.73 Å². The lowest BCUT2D eigenvalue weighted by atomic mass is 9.74. The number of piperidine rings is 1. The third-order valence-electron chi connectivity index (χ3n) is 7.13. The first kappa shape index (κ1) is 21.8. The van der Waals surface area contributed by atoms with Gasteiger partial charge in [-0.25, -0.2) is 0 Å². The summed E-state index contributed by atoms with van der Waals surface area (Å²) in [6.07, 6.45) is 9.20. The van der Waals surface area contributed by atoms with Crippen molar-refractivity contribution in [3.05, 3.63) is 41.5 Å². The molecule has 4 heteroatoms. The van der Waals surface area contributed by atoms with E-state index in [0.717, 1.165) is 38.8 Å². The Labute approximate surface area is 175 Å². The Bertz CT molecular complexity index is 762. The van der Waals surface area contributed by atoms with Crippen LogP contribution in [0.4, 0.5) is 0 Å². The molecular weight excluding hydrogens is 360 g/mol. The summed E-state index contributed by atoms with van der Waals surface area (Å²) in [4.78, 5) is 28.0. The molecule has 1 spiro atoms. The largest absolute Gasteiger partial charge is 0.342 e. The van der Waals surface area contributed by atoms with Crippen molar-refractivity contribution in [3.63, 3.8) is 0 Å². The van der Waals surface area contributed by atoms with E-state index in [0.29, 0.717) is 6.42 Å². The highest BCUT2D eigenvalue weighted by Gasteiger charge is 2.40. The third-order valence-corrected chi connectivity index (χ3v) is 7.13. The molecule has 0 saturated carbocycles. The number of ketones is 1. The maximum atomic E-state index is 13.4. The minimum atomic E-state index is -0.441. The number of fused-ring (bicyclic) bond motifs is 2. The normalized spacial score (nSPS) is 20.3. The molecule has 1 heterocycles. The highest BCUT2D eigenvalue weighted by Crippen LogP contribution is 2.44. The van der Waals surface area contributed by atoms with Gasteiger partial charge in [0.15, 0.2) is 0 Å². The lowest BCUT2D eigenvalue weighted by Gasteiger charge is -2.41. The summed E-state index contributed by atoms with van der Waals surface area (Å²) in [5, 5.41) is 0. The minimum Gasteiger partial charge on any atom is -0.342 e. The third kappa shape index (κ3) is 4.48. The molecule has 0 unspecified atom stereocenters. The van der Waals surface area contributed by atoms with Gasteiger partial charge in [0.2, 0.25) is 5.91 Å². The van der Waals surface area contributed by atoms with E-state index < -0.39 is 6.04 Å². The topological polar surface area (TPSA) is 63.4 Å². The van der Waals surface area contributed by atoms with Gasteiger partial charge in [-0.2, -0.15) is 0 Å². The molecule has 2 aliphatic rings. The average Bonchev–Trinajstić information content (AvgIpc) is 3.10. The van der Waals surface area contributed by atoms with Crippen LogP contribution in [0.15, 0.2) is 30.3 Å². The molecule has 0 aromatic heterocycles. The van der Waals surface area contributed by atoms with Crippen LogP contribution in [-0.4, -0.2) is 35.7 Å². The number of hydrogen-bond acceptors (Lipinski definition) is 3. The minimum absolute atomic E-state index is 0.0339. The van der Waals surface area contributed by atoms with Crippen LogP contribution in [0.25, 0.3) is 6.08 Å². The summed E-state index contributed by atoms with van der Waals surface area (Å²) in [6, 6.07) is 8.14. The summed E-state index contributed by atoms with van der Waals surface area (Å²) in [7, 11) is 0. The standard InChI is InChI=1S/C25H36N2O2/c1-4-8-22(26)23(28)17-20(18(3)5-2)24(29)27-15-13-25(14-16-27)12-11-19-9-6-7-10-21(19)25/h6-7,9-12,18,20,22H,4-5,8,13-17,26H2,1-3H3/t18-,20-,22-/m0/s1. The van der Waals surface area contributed by atoms with E-state index in [1.54, 1.807) is 0 Å². The van der Waals surface area contributed by atoms with Crippen LogP contribution in [0.5, 0.6) is 0 Å². The number of allylic oxidation sites excluding steroid dienone is 1. The maximum Gasteiger partial charge on any atom is 0.226 e. The fourth-order valence-corrected chi connectivity index (χ4v) is 4.89. The van der Waals surface area contributed by atoms with Crippen molar-refractivity contribution in [2.45, 2.75) is 70.8 Å². The van der Waals surface area contributed by atoms with Crippen LogP contribution in [-0.2, 0) is 15.0 Å². The lowest BCUT2D eigenvalue weighted by Crippen LogP contribution is -2.48. The molecule has 1 aliphatic heterocycles. The fraction of sp³-hybridized carbons (Fsp3) is 0.600. The Morgan fingerprint density at radius 3 is 2.52 bits per heavy atom. The Morgan fingerprint density at radius 2 is 1.86 bits per heavy atom. The highest BCUT2D eigenvalue weighted by atomic mass is 16.2. The van der Waals surface area contributed by atoms with Crippen molar-refractivity contribution >= 4 is 17.8 Å². The van der Waals surface area contributed by atoms with Gasteiger partial charge in [0.1, 0.15) is 5.78 Å². The first-order chi connectivity index (χ1) is 13.9. The number of likely N-dealkylation sites (tertiary alicyclic amines) is 1. The number of amides is 1. The van der Waals surface area contributed by atoms with Gasteiger partial charge in [0, 0.05) is 30.8 Å². The van der Waals surface area contributed by atoms with Crippen molar-refractivity contribution in [1.82, 2.24) is 4.90 Å². The van der Waals surface area contributed by atoms with Gasteiger partial charge in [-0.05, 0) is 36.3 Å². The molecule has 1 aliphatic carbocycles. The summed E-state index contributed by atoms with van der Waals surface area (Å²) in [5.74, 6) is 0.104. The van der Waals surface area contributed by atoms with E-state index in [1.165, 1.54) is 11.1 Å². The number of carbonyl (C=O) groups excluding carboxylic acids is 2. The van der Waals surface area contributed by atoms with Gasteiger partial charge in [0.25, 0.3) is 0 Å². The van der Waals surface area contributed by atoms with Crippen LogP contribution in [0.1, 0.15) is 70.4 Å². The van der Waals surface area contributed by atoms with Gasteiger partial charge in [-0.15, -0.1) is 0 Å². The summed E-state index contributed by atoms with van der Waals surface area (Å²) in [5.41, 5.74) is 8.81. The van der Waals surface area contributed by atoms with Crippen LogP contribution < -0.4 is 5.73 Å². The number of nitrogens with zero attached hydrogens (tertiary/aromatic N) is 1. The highest BCUT2D eigenvalue weighted by molar-refractivity contribution is 5.90. The molecule has 3 atom stereocenters. The second kappa shape index (κ2) is 9.25. The zero-order valence-electron chi connectivity index (χ0n) is 18.2. The number of nitrogens with two attached hydrogens (primary N) is 1. The second-order valence-corrected chi connectivity index (χ2v) is 8.96. The first-order valence-electron chi connectivity index (χ1n) is 11.3. The van der Waals surface area contributed by atoms with Crippen molar-refractivity contribution in [3.8, 4) is 0 Å². The molecule has 1 fully saturated rings. The Morgan fingerprint density at radius 1 is 1.17 bits per heavy atom. The number of rotatable bonds is 8. The molecule has 1 saturated heterocycles. The Kier molecular flexibility index (Phi) is 6.94. The molecule has 1 aromatic rings. The zero-order valence-corrected chi connectivity index (χ0v) is 18.2. The predicted octanol–water partition coefficient (Wildman–Crippen LogP) is 4.32. The van der Waals surface area contributed by atoms with Crippen LogP contribution in [0.3, 0.4) is 0 Å². The molecular formula is C25H36N2O2. The lowest BCUT2D eigenvalue weighted by molar-refractivity contribution is -0.141. The summed E-state index contributed by atoms with van der Waals surface area (Å²) < 4.78 is 0. The second-order valence-electron chi connectivity index (χ2n) is 8.96.